The number of hydrogen-bond acceptors (Lipinski definition) is 13. The molecule has 0 aromatic rings. The average molecular weight is 794 g/mol. The Morgan fingerprint density at radius 2 is 1.18 bits per heavy atom. The lowest BCUT2D eigenvalue weighted by Gasteiger charge is -2.46. The van der Waals surface area contributed by atoms with Crippen LogP contribution in [0.2, 0.25) is 0 Å². The molecular weight excluding hydrogens is 726 g/mol. The molecule has 0 saturated carbocycles. The van der Waals surface area contributed by atoms with E-state index in [1.54, 1.807) is 18.2 Å². The largest absolute Gasteiger partial charge is 0.394 e. The van der Waals surface area contributed by atoms with Crippen LogP contribution >= 0.6 is 0 Å². The normalized spacial score (nSPS) is 30.3. The molecule has 14 nitrogen and oxygen atoms in total. The standard InChI is InChI=1S/C42H67NO13/c1-3-5-7-9-11-12-13-14-15-16-17-18-20-22-24-26-34(47)43-30(31(46)25-23-21-19-10-8-6-4-2)29-53-41-39(52)37(50)40(33(28-45)55-41)56-42-38(51)36(49)35(48)32(27-44)54-42/h5,7-8,10-12,14-15,17-18,22-25,30-33,35-42,44-46,48-52H,3-4,6,9,13,16,19-21,26-29H2,1-2H3,(H,43,47)/b7-5-,10-8+,12-11-,15-14-,18-17-,24-22-,25-23+. The number of carbonyl (C=O) groups is 1. The number of carbonyl (C=O) groups excluding carboxylic acids is 1. The summed E-state index contributed by atoms with van der Waals surface area (Å²) in [5.41, 5.74) is 0. The Balaban J connectivity index is 1.97. The van der Waals surface area contributed by atoms with Gasteiger partial charge in [0.15, 0.2) is 12.6 Å². The first-order valence-corrected chi connectivity index (χ1v) is 19.8. The van der Waals surface area contributed by atoms with Crippen LogP contribution in [0.4, 0.5) is 0 Å². The highest BCUT2D eigenvalue weighted by atomic mass is 16.7. The van der Waals surface area contributed by atoms with Crippen molar-refractivity contribution in [3.63, 3.8) is 0 Å². The van der Waals surface area contributed by atoms with Crippen molar-refractivity contribution < 1.29 is 64.6 Å². The van der Waals surface area contributed by atoms with Crippen LogP contribution in [-0.4, -0.2) is 140 Å². The van der Waals surface area contributed by atoms with Gasteiger partial charge in [0.1, 0.15) is 48.8 Å². The predicted octanol–water partition coefficient (Wildman–Crippen LogP) is 2.31. The summed E-state index contributed by atoms with van der Waals surface area (Å²) in [7, 11) is 0. The molecule has 2 saturated heterocycles. The fourth-order valence-corrected chi connectivity index (χ4v) is 5.79. The second kappa shape index (κ2) is 29.4. The fraction of sp³-hybridized carbons (Fsp3) is 0.643. The summed E-state index contributed by atoms with van der Waals surface area (Å²) in [6, 6.07) is -0.985. The molecule has 12 unspecified atom stereocenters. The number of unbranched alkanes of at least 4 members (excludes halogenated alkanes) is 2. The molecule has 2 aliphatic heterocycles. The molecule has 2 fully saturated rings. The number of aliphatic hydroxyl groups excluding tert-OH is 8. The second-order valence-corrected chi connectivity index (χ2v) is 13.7. The highest BCUT2D eigenvalue weighted by Gasteiger charge is 2.50. The van der Waals surface area contributed by atoms with Crippen molar-refractivity contribution >= 4 is 5.91 Å². The SMILES string of the molecule is CC/C=C\C/C=C\C/C=C\C/C=C\C/C=C\CC(=O)NC(COC1OC(CO)C(OC2OC(CO)C(O)C(O)C2O)C(O)C1O)C(O)/C=C/CC/C=C/CCC. The second-order valence-electron chi connectivity index (χ2n) is 13.7. The number of hydrogen-bond donors (Lipinski definition) is 9. The number of amides is 1. The first-order valence-electron chi connectivity index (χ1n) is 19.8. The number of rotatable bonds is 26. The number of nitrogens with one attached hydrogen (secondary N) is 1. The van der Waals surface area contributed by atoms with Crippen LogP contribution in [0.1, 0.15) is 78.1 Å². The maximum atomic E-state index is 12.9. The number of allylic oxidation sites excluding steroid dienone is 12. The van der Waals surface area contributed by atoms with Gasteiger partial charge in [0, 0.05) is 6.42 Å². The van der Waals surface area contributed by atoms with Crippen molar-refractivity contribution in [1.82, 2.24) is 5.32 Å². The van der Waals surface area contributed by atoms with Crippen LogP contribution in [0.5, 0.6) is 0 Å². The van der Waals surface area contributed by atoms with Crippen LogP contribution in [-0.2, 0) is 23.7 Å². The molecule has 2 heterocycles. The van der Waals surface area contributed by atoms with Gasteiger partial charge in [-0.25, -0.2) is 0 Å². The Morgan fingerprint density at radius 1 is 0.643 bits per heavy atom. The molecule has 0 aromatic carbocycles. The summed E-state index contributed by atoms with van der Waals surface area (Å²) in [5, 5.41) is 85.8. The third-order valence-electron chi connectivity index (χ3n) is 9.08. The molecular formula is C42H67NO13. The van der Waals surface area contributed by atoms with Gasteiger partial charge in [-0.15, -0.1) is 0 Å². The zero-order valence-corrected chi connectivity index (χ0v) is 32.8. The van der Waals surface area contributed by atoms with Crippen LogP contribution in [0, 0.1) is 0 Å². The van der Waals surface area contributed by atoms with E-state index in [9.17, 15) is 45.6 Å². The Labute approximate surface area is 331 Å². The van der Waals surface area contributed by atoms with Crippen LogP contribution in [0.15, 0.2) is 85.1 Å². The van der Waals surface area contributed by atoms with E-state index < -0.39 is 86.8 Å². The minimum Gasteiger partial charge on any atom is -0.394 e. The summed E-state index contributed by atoms with van der Waals surface area (Å²) < 4.78 is 22.4. The third kappa shape index (κ3) is 18.2. The quantitative estimate of drug-likeness (QED) is 0.0453. The zero-order valence-electron chi connectivity index (χ0n) is 32.8. The zero-order chi connectivity index (χ0) is 41.1. The first kappa shape index (κ1) is 49.3. The van der Waals surface area contributed by atoms with Gasteiger partial charge >= 0.3 is 0 Å². The van der Waals surface area contributed by atoms with E-state index in [2.05, 4.69) is 67.8 Å². The van der Waals surface area contributed by atoms with Gasteiger partial charge in [0.25, 0.3) is 0 Å². The van der Waals surface area contributed by atoms with E-state index in [1.165, 1.54) is 0 Å². The van der Waals surface area contributed by atoms with E-state index in [1.807, 2.05) is 18.2 Å². The smallest absolute Gasteiger partial charge is 0.224 e. The molecule has 12 atom stereocenters. The van der Waals surface area contributed by atoms with Crippen molar-refractivity contribution in [3.05, 3.63) is 85.1 Å². The van der Waals surface area contributed by atoms with Crippen LogP contribution in [0.3, 0.4) is 0 Å². The van der Waals surface area contributed by atoms with Gasteiger partial charge < -0.3 is 65.1 Å². The topological polar surface area (TPSA) is 228 Å². The van der Waals surface area contributed by atoms with E-state index in [0.717, 1.165) is 44.9 Å². The van der Waals surface area contributed by atoms with Gasteiger partial charge in [-0.1, -0.05) is 105 Å². The Kier molecular flexibility index (Phi) is 25.9. The van der Waals surface area contributed by atoms with Crippen LogP contribution < -0.4 is 5.32 Å². The minimum absolute atomic E-state index is 0.0352. The third-order valence-corrected chi connectivity index (χ3v) is 9.08. The summed E-state index contributed by atoms with van der Waals surface area (Å²) in [6.07, 6.45) is 18.5. The molecule has 0 aliphatic carbocycles. The summed E-state index contributed by atoms with van der Waals surface area (Å²) >= 11 is 0. The number of ether oxygens (including phenoxy) is 4. The van der Waals surface area contributed by atoms with E-state index in [-0.39, 0.29) is 18.9 Å². The molecule has 0 radical (unpaired) electrons. The van der Waals surface area contributed by atoms with E-state index in [0.29, 0.717) is 12.8 Å². The van der Waals surface area contributed by atoms with Crippen molar-refractivity contribution in [2.45, 2.75) is 152 Å². The summed E-state index contributed by atoms with van der Waals surface area (Å²) in [5.74, 6) is -0.388. The minimum atomic E-state index is -1.80. The van der Waals surface area contributed by atoms with Gasteiger partial charge in [-0.3, -0.25) is 4.79 Å². The first-order chi connectivity index (χ1) is 27.1. The van der Waals surface area contributed by atoms with E-state index in [4.69, 9.17) is 18.9 Å². The maximum absolute atomic E-state index is 12.9. The molecule has 9 N–H and O–H groups in total. The molecule has 0 spiro atoms. The lowest BCUT2D eigenvalue weighted by atomic mass is 9.97. The average Bonchev–Trinajstić information content (AvgIpc) is 3.19. The van der Waals surface area contributed by atoms with Crippen molar-refractivity contribution in [3.8, 4) is 0 Å². The monoisotopic (exact) mass is 793 g/mol. The van der Waals surface area contributed by atoms with Crippen molar-refractivity contribution in [2.75, 3.05) is 19.8 Å². The molecule has 56 heavy (non-hydrogen) atoms. The lowest BCUT2D eigenvalue weighted by molar-refractivity contribution is -0.359. The Morgan fingerprint density at radius 3 is 1.77 bits per heavy atom. The van der Waals surface area contributed by atoms with Crippen molar-refractivity contribution in [1.29, 1.82) is 0 Å². The molecule has 14 heteroatoms. The van der Waals surface area contributed by atoms with Gasteiger partial charge in [0.2, 0.25) is 5.91 Å². The molecule has 2 rings (SSSR count). The van der Waals surface area contributed by atoms with Crippen molar-refractivity contribution in [2.24, 2.45) is 0 Å². The summed E-state index contributed by atoms with van der Waals surface area (Å²) in [4.78, 5) is 12.9. The lowest BCUT2D eigenvalue weighted by Crippen LogP contribution is -2.65. The molecule has 2 aliphatic rings. The fourth-order valence-electron chi connectivity index (χ4n) is 5.79. The molecule has 0 aromatic heterocycles. The Bertz CT molecular complexity index is 1260. The summed E-state index contributed by atoms with van der Waals surface area (Å²) in [6.45, 7) is 2.40. The van der Waals surface area contributed by atoms with Gasteiger partial charge in [0.05, 0.1) is 32.0 Å². The molecule has 0 bridgehead atoms. The van der Waals surface area contributed by atoms with E-state index >= 15 is 0 Å². The molecule has 318 valence electrons. The Hall–Kier alpha value is -2.83. The maximum Gasteiger partial charge on any atom is 0.224 e. The van der Waals surface area contributed by atoms with Gasteiger partial charge in [-0.05, 0) is 51.4 Å². The van der Waals surface area contributed by atoms with Gasteiger partial charge in [-0.2, -0.15) is 0 Å². The number of aliphatic hydroxyl groups is 8. The highest BCUT2D eigenvalue weighted by molar-refractivity contribution is 5.77. The van der Waals surface area contributed by atoms with Crippen LogP contribution in [0.25, 0.3) is 0 Å². The highest BCUT2D eigenvalue weighted by Crippen LogP contribution is 2.29. The predicted molar refractivity (Wildman–Crippen MR) is 212 cm³/mol. The molecule has 1 amide bonds.